The van der Waals surface area contributed by atoms with Crippen LogP contribution in [0.3, 0.4) is 0 Å². The van der Waals surface area contributed by atoms with Gasteiger partial charge in [0.05, 0.1) is 35.8 Å². The Labute approximate surface area is 193 Å². The van der Waals surface area contributed by atoms with Crippen LogP contribution in [0.4, 0.5) is 16.2 Å². The van der Waals surface area contributed by atoms with Gasteiger partial charge >= 0.3 is 6.03 Å². The number of anilines is 2. The number of aryl methyl sites for hydroxylation is 3. The van der Waals surface area contributed by atoms with E-state index in [1.807, 2.05) is 57.2 Å². The van der Waals surface area contributed by atoms with Gasteiger partial charge < -0.3 is 14.5 Å². The van der Waals surface area contributed by atoms with E-state index in [4.69, 9.17) is 4.74 Å². The Kier molecular flexibility index (Phi) is 5.12. The summed E-state index contributed by atoms with van der Waals surface area (Å²) < 4.78 is 30.7. The van der Waals surface area contributed by atoms with E-state index in [0.29, 0.717) is 30.3 Å². The third kappa shape index (κ3) is 3.84. The van der Waals surface area contributed by atoms with Gasteiger partial charge in [0.25, 0.3) is 0 Å². The molecular weight excluding hydrogens is 442 g/mol. The average molecular weight is 470 g/mol. The highest BCUT2D eigenvalue weighted by Crippen LogP contribution is 2.37. The summed E-state index contributed by atoms with van der Waals surface area (Å²) in [4.78, 5) is 31.6. The second-order valence-electron chi connectivity index (χ2n) is 9.20. The fourth-order valence-electron chi connectivity index (χ4n) is 5.17. The van der Waals surface area contributed by atoms with Gasteiger partial charge in [-0.2, -0.15) is 0 Å². The van der Waals surface area contributed by atoms with Crippen LogP contribution in [0.5, 0.6) is 5.75 Å². The molecule has 5 rings (SSSR count). The molecule has 0 saturated carbocycles. The number of benzene rings is 2. The molecule has 0 aromatic heterocycles. The topological polar surface area (TPSA) is 87.2 Å². The number of fused-ring (bicyclic) bond motifs is 2. The monoisotopic (exact) mass is 469 g/mol. The summed E-state index contributed by atoms with van der Waals surface area (Å²) in [5.41, 5.74) is 4.33. The Balaban J connectivity index is 1.47. The summed E-state index contributed by atoms with van der Waals surface area (Å²) >= 11 is 0. The predicted molar refractivity (Wildman–Crippen MR) is 126 cm³/mol. The number of urea groups is 1. The molecular formula is C24H27N3O5S. The number of amides is 3. The van der Waals surface area contributed by atoms with Gasteiger partial charge in [0.15, 0.2) is 9.84 Å². The summed E-state index contributed by atoms with van der Waals surface area (Å²) in [5.74, 6) is 0.159. The molecule has 0 radical (unpaired) electrons. The van der Waals surface area contributed by atoms with Crippen LogP contribution in [0.1, 0.15) is 16.7 Å². The summed E-state index contributed by atoms with van der Waals surface area (Å²) in [6.07, 6.45) is 0. The third-order valence-electron chi connectivity index (χ3n) is 6.55. The largest absolute Gasteiger partial charge is 0.490 e. The predicted octanol–water partition coefficient (Wildman–Crippen LogP) is 2.45. The fraction of sp³-hybridized carbons (Fsp3) is 0.417. The molecule has 174 valence electrons. The van der Waals surface area contributed by atoms with Crippen LogP contribution in [0, 0.1) is 20.8 Å². The van der Waals surface area contributed by atoms with Crippen molar-refractivity contribution >= 4 is 33.2 Å². The Morgan fingerprint density at radius 3 is 2.42 bits per heavy atom. The summed E-state index contributed by atoms with van der Waals surface area (Å²) in [6, 6.07) is 10.1. The summed E-state index contributed by atoms with van der Waals surface area (Å²) in [7, 11) is -3.32. The van der Waals surface area contributed by atoms with Gasteiger partial charge in [0.2, 0.25) is 5.91 Å². The fourth-order valence-corrected chi connectivity index (χ4v) is 7.12. The van der Waals surface area contributed by atoms with Crippen LogP contribution in [-0.2, 0) is 14.6 Å². The summed E-state index contributed by atoms with van der Waals surface area (Å²) in [6.45, 7) is 6.40. The number of carbonyl (C=O) groups is 2. The minimum absolute atomic E-state index is 0.0966. The van der Waals surface area contributed by atoms with Gasteiger partial charge in [0, 0.05) is 5.69 Å². The van der Waals surface area contributed by atoms with Crippen LogP contribution >= 0.6 is 0 Å². The first-order valence-corrected chi connectivity index (χ1v) is 12.9. The Morgan fingerprint density at radius 1 is 1.00 bits per heavy atom. The molecule has 2 aromatic carbocycles. The zero-order valence-electron chi connectivity index (χ0n) is 18.9. The molecule has 0 spiro atoms. The number of carbonyl (C=O) groups excluding carboxylic acids is 2. The molecule has 0 N–H and O–H groups in total. The number of hydrogen-bond acceptors (Lipinski definition) is 5. The third-order valence-corrected chi connectivity index (χ3v) is 8.25. The van der Waals surface area contributed by atoms with Crippen molar-refractivity contribution in [2.45, 2.75) is 32.9 Å². The van der Waals surface area contributed by atoms with Gasteiger partial charge in [0.1, 0.15) is 18.9 Å². The first-order valence-electron chi connectivity index (χ1n) is 11.1. The highest BCUT2D eigenvalue weighted by Gasteiger charge is 2.54. The molecule has 3 amide bonds. The van der Waals surface area contributed by atoms with Crippen LogP contribution in [-0.4, -0.2) is 68.5 Å². The maximum absolute atomic E-state index is 13.5. The Hall–Kier alpha value is -3.07. The van der Waals surface area contributed by atoms with Gasteiger partial charge in [-0.3, -0.25) is 9.69 Å². The lowest BCUT2D eigenvalue weighted by Gasteiger charge is -2.32. The van der Waals surface area contributed by atoms with Crippen LogP contribution in [0.2, 0.25) is 0 Å². The maximum atomic E-state index is 13.5. The lowest BCUT2D eigenvalue weighted by Crippen LogP contribution is -2.48. The minimum Gasteiger partial charge on any atom is -0.490 e. The Morgan fingerprint density at radius 2 is 1.70 bits per heavy atom. The molecule has 2 fully saturated rings. The van der Waals surface area contributed by atoms with E-state index < -0.39 is 21.9 Å². The zero-order valence-corrected chi connectivity index (χ0v) is 19.8. The van der Waals surface area contributed by atoms with Crippen molar-refractivity contribution in [3.8, 4) is 5.75 Å². The van der Waals surface area contributed by atoms with Gasteiger partial charge in [-0.05, 0) is 61.7 Å². The van der Waals surface area contributed by atoms with E-state index in [-0.39, 0.29) is 30.0 Å². The van der Waals surface area contributed by atoms with Gasteiger partial charge in [-0.1, -0.05) is 12.1 Å². The smallest absolute Gasteiger partial charge is 0.325 e. The van der Waals surface area contributed by atoms with E-state index in [9.17, 15) is 18.0 Å². The molecule has 2 saturated heterocycles. The average Bonchev–Trinajstić information content (AvgIpc) is 3.16. The normalized spacial score (nSPS) is 23.4. The number of sulfone groups is 1. The molecule has 3 aliphatic rings. The van der Waals surface area contributed by atoms with Crippen molar-refractivity contribution in [1.29, 1.82) is 0 Å². The quantitative estimate of drug-likeness (QED) is 0.645. The number of ether oxygens (including phenoxy) is 1. The number of rotatable bonds is 3. The van der Waals surface area contributed by atoms with Crippen molar-refractivity contribution in [3.05, 3.63) is 53.1 Å². The van der Waals surface area contributed by atoms with E-state index in [0.717, 1.165) is 16.7 Å². The van der Waals surface area contributed by atoms with E-state index in [1.165, 1.54) is 4.90 Å². The van der Waals surface area contributed by atoms with Crippen molar-refractivity contribution in [3.63, 3.8) is 0 Å². The highest BCUT2D eigenvalue weighted by atomic mass is 32.2. The molecule has 0 bridgehead atoms. The molecule has 8 nitrogen and oxygen atoms in total. The van der Waals surface area contributed by atoms with Gasteiger partial charge in [-0.25, -0.2) is 13.2 Å². The van der Waals surface area contributed by atoms with E-state index in [2.05, 4.69) is 0 Å². The van der Waals surface area contributed by atoms with Crippen molar-refractivity contribution < 1.29 is 22.7 Å². The van der Waals surface area contributed by atoms with E-state index in [1.54, 1.807) is 9.80 Å². The van der Waals surface area contributed by atoms with Gasteiger partial charge in [-0.15, -0.1) is 0 Å². The second-order valence-corrected chi connectivity index (χ2v) is 11.4. The number of nitrogens with zero attached hydrogens (tertiary/aromatic N) is 3. The second kappa shape index (κ2) is 7.76. The molecule has 2 aromatic rings. The van der Waals surface area contributed by atoms with Crippen molar-refractivity contribution in [2.24, 2.45) is 0 Å². The lowest BCUT2D eigenvalue weighted by atomic mass is 10.1. The molecule has 2 atom stereocenters. The highest BCUT2D eigenvalue weighted by molar-refractivity contribution is 7.91. The molecule has 3 aliphatic heterocycles. The molecule has 0 unspecified atom stereocenters. The summed E-state index contributed by atoms with van der Waals surface area (Å²) in [5, 5.41) is 0. The van der Waals surface area contributed by atoms with E-state index >= 15 is 0 Å². The zero-order chi connectivity index (χ0) is 23.5. The maximum Gasteiger partial charge on any atom is 0.325 e. The first kappa shape index (κ1) is 21.8. The molecule has 9 heteroatoms. The first-order chi connectivity index (χ1) is 15.6. The van der Waals surface area contributed by atoms with Crippen molar-refractivity contribution in [1.82, 2.24) is 4.90 Å². The van der Waals surface area contributed by atoms with Crippen LogP contribution < -0.4 is 14.5 Å². The van der Waals surface area contributed by atoms with Crippen LogP contribution in [0.25, 0.3) is 0 Å². The standard InChI is InChI=1S/C24H27N3O5S/c1-15-4-5-22-19(11-15)25(6-7-32-22)23(28)12-26-20-13-33(30,31)14-21(20)27(24(26)29)18-9-16(2)8-17(3)10-18/h4-5,8-11,20-21H,6-7,12-14H2,1-3H3/t20-,21+/m1/s1. The lowest BCUT2D eigenvalue weighted by molar-refractivity contribution is -0.119. The minimum atomic E-state index is -3.32. The van der Waals surface area contributed by atoms with Crippen LogP contribution in [0.15, 0.2) is 36.4 Å². The molecule has 33 heavy (non-hydrogen) atoms. The molecule has 3 heterocycles. The van der Waals surface area contributed by atoms with Crippen molar-refractivity contribution in [2.75, 3.05) is 41.0 Å². The number of hydrogen-bond donors (Lipinski definition) is 0. The molecule has 0 aliphatic carbocycles. The SMILES string of the molecule is Cc1cc(C)cc(N2C(=O)N(CC(=O)N3CCOc4ccc(C)cc43)[C@@H]3CS(=O)(=O)C[C@@H]32)c1. The Bertz CT molecular complexity index is 1240.